The maximum atomic E-state index is 12.3. The first-order chi connectivity index (χ1) is 12.1. The van der Waals surface area contributed by atoms with Gasteiger partial charge < -0.3 is 9.87 Å². The summed E-state index contributed by atoms with van der Waals surface area (Å²) in [5, 5.41) is 3.95. The predicted molar refractivity (Wildman–Crippen MR) is 99.1 cm³/mol. The molecule has 0 aliphatic rings. The van der Waals surface area contributed by atoms with Crippen LogP contribution in [-0.4, -0.2) is 31.3 Å². The molecule has 0 unspecified atom stereocenters. The van der Waals surface area contributed by atoms with Gasteiger partial charge in [-0.1, -0.05) is 11.8 Å². The van der Waals surface area contributed by atoms with Gasteiger partial charge in [-0.2, -0.15) is 0 Å². The molecule has 128 valence electrons. The highest BCUT2D eigenvalue weighted by molar-refractivity contribution is 7.98. The van der Waals surface area contributed by atoms with Gasteiger partial charge in [-0.25, -0.2) is 9.97 Å². The Morgan fingerprint density at radius 2 is 2.00 bits per heavy atom. The average Bonchev–Trinajstić information content (AvgIpc) is 2.64. The third-order valence-corrected chi connectivity index (χ3v) is 4.47. The molecule has 2 N–H and O–H groups in total. The van der Waals surface area contributed by atoms with Crippen LogP contribution in [0.5, 0.6) is 0 Å². The zero-order valence-electron chi connectivity index (χ0n) is 13.2. The van der Waals surface area contributed by atoms with E-state index in [4.69, 9.17) is 4.55 Å². The van der Waals surface area contributed by atoms with Crippen LogP contribution in [0.1, 0.15) is 0 Å². The number of amides is 1. The first-order valence-corrected chi connectivity index (χ1v) is 9.22. The standard InChI is InChI=1S/C16H14N4O3S2/c1-24-16-17-8-10-2-7-14(22)20(15(10)19-16)9-13(21)18-11-3-5-12(25-23)6-4-11/h2-8,23H,9H2,1H3,(H,18,21). The lowest BCUT2D eigenvalue weighted by atomic mass is 10.3. The molecule has 0 bridgehead atoms. The van der Waals surface area contributed by atoms with Crippen LogP contribution in [0.4, 0.5) is 5.69 Å². The zero-order valence-corrected chi connectivity index (χ0v) is 14.8. The second kappa shape index (κ2) is 7.68. The lowest BCUT2D eigenvalue weighted by Crippen LogP contribution is -2.28. The number of nitrogens with zero attached hydrogens (tertiary/aromatic N) is 3. The molecule has 0 atom stereocenters. The lowest BCUT2D eigenvalue weighted by Gasteiger charge is -2.10. The van der Waals surface area contributed by atoms with E-state index in [2.05, 4.69) is 15.3 Å². The van der Waals surface area contributed by atoms with Crippen molar-refractivity contribution in [2.75, 3.05) is 11.6 Å². The normalized spacial score (nSPS) is 10.8. The highest BCUT2D eigenvalue weighted by Gasteiger charge is 2.11. The summed E-state index contributed by atoms with van der Waals surface area (Å²) >= 11 is 1.99. The monoisotopic (exact) mass is 374 g/mol. The highest BCUT2D eigenvalue weighted by atomic mass is 32.2. The lowest BCUT2D eigenvalue weighted by molar-refractivity contribution is -0.116. The molecule has 0 fully saturated rings. The molecule has 3 aromatic rings. The van der Waals surface area contributed by atoms with Gasteiger partial charge in [0.2, 0.25) is 5.91 Å². The molecule has 2 heterocycles. The van der Waals surface area contributed by atoms with E-state index in [9.17, 15) is 9.59 Å². The molecular weight excluding hydrogens is 360 g/mol. The molecule has 0 spiro atoms. The maximum absolute atomic E-state index is 12.3. The number of carbonyl (C=O) groups excluding carboxylic acids is 1. The summed E-state index contributed by atoms with van der Waals surface area (Å²) in [6, 6.07) is 9.75. The number of aromatic nitrogens is 3. The first-order valence-electron chi connectivity index (χ1n) is 7.22. The van der Waals surface area contributed by atoms with Crippen molar-refractivity contribution in [1.82, 2.24) is 14.5 Å². The summed E-state index contributed by atoms with van der Waals surface area (Å²) in [6.07, 6.45) is 3.47. The van der Waals surface area contributed by atoms with Gasteiger partial charge in [-0.3, -0.25) is 14.2 Å². The van der Waals surface area contributed by atoms with Gasteiger partial charge in [0, 0.05) is 40.3 Å². The molecule has 25 heavy (non-hydrogen) atoms. The van der Waals surface area contributed by atoms with Crippen molar-refractivity contribution in [3.63, 3.8) is 0 Å². The van der Waals surface area contributed by atoms with E-state index in [1.807, 2.05) is 6.26 Å². The van der Waals surface area contributed by atoms with Crippen molar-refractivity contribution >= 4 is 46.4 Å². The van der Waals surface area contributed by atoms with Crippen LogP contribution in [0, 0.1) is 0 Å². The van der Waals surface area contributed by atoms with Crippen molar-refractivity contribution in [2.45, 2.75) is 16.6 Å². The molecule has 0 saturated heterocycles. The number of anilines is 1. The second-order valence-corrected chi connectivity index (χ2v) is 6.48. The number of nitrogens with one attached hydrogen (secondary N) is 1. The van der Waals surface area contributed by atoms with Gasteiger partial charge in [0.15, 0.2) is 5.16 Å². The van der Waals surface area contributed by atoms with Gasteiger partial charge in [0.25, 0.3) is 5.56 Å². The molecule has 0 aliphatic heterocycles. The topological polar surface area (TPSA) is 97.1 Å². The SMILES string of the molecule is CSc1ncc2ccc(=O)n(CC(=O)Nc3ccc(SO)cc3)c2n1. The number of fused-ring (bicyclic) bond motifs is 1. The van der Waals surface area contributed by atoms with E-state index in [0.29, 0.717) is 38.8 Å². The summed E-state index contributed by atoms with van der Waals surface area (Å²) in [6.45, 7) is -0.155. The molecule has 0 saturated carbocycles. The summed E-state index contributed by atoms with van der Waals surface area (Å²) in [5.74, 6) is -0.344. The quantitative estimate of drug-likeness (QED) is 0.403. The first kappa shape index (κ1) is 17.5. The van der Waals surface area contributed by atoms with Crippen molar-refractivity contribution < 1.29 is 9.35 Å². The molecule has 1 aromatic carbocycles. The zero-order chi connectivity index (χ0) is 17.8. The van der Waals surface area contributed by atoms with Crippen LogP contribution in [0.25, 0.3) is 11.0 Å². The van der Waals surface area contributed by atoms with E-state index in [1.165, 1.54) is 22.4 Å². The van der Waals surface area contributed by atoms with Crippen LogP contribution >= 0.6 is 23.8 Å². The van der Waals surface area contributed by atoms with Crippen LogP contribution in [-0.2, 0) is 11.3 Å². The van der Waals surface area contributed by atoms with Gasteiger partial charge >= 0.3 is 0 Å². The molecule has 3 rings (SSSR count). The third kappa shape index (κ3) is 4.01. The average molecular weight is 374 g/mol. The highest BCUT2D eigenvalue weighted by Crippen LogP contribution is 2.17. The minimum absolute atomic E-state index is 0.155. The van der Waals surface area contributed by atoms with E-state index in [0.717, 1.165) is 0 Å². The summed E-state index contributed by atoms with van der Waals surface area (Å²) in [5.41, 5.74) is 0.699. The fourth-order valence-electron chi connectivity index (χ4n) is 2.25. The Kier molecular flexibility index (Phi) is 5.37. The number of thioether (sulfide) groups is 1. The number of hydrogen-bond acceptors (Lipinski definition) is 7. The molecule has 0 aliphatic carbocycles. The Hall–Kier alpha value is -2.36. The Morgan fingerprint density at radius 1 is 1.24 bits per heavy atom. The molecular formula is C16H14N4O3S2. The summed E-state index contributed by atoms with van der Waals surface area (Å²) < 4.78 is 10.3. The largest absolute Gasteiger partial charge is 0.325 e. The smallest absolute Gasteiger partial charge is 0.252 e. The van der Waals surface area contributed by atoms with Crippen LogP contribution in [0.3, 0.4) is 0 Å². The van der Waals surface area contributed by atoms with Crippen molar-refractivity contribution in [1.29, 1.82) is 0 Å². The number of carbonyl (C=O) groups is 1. The molecule has 1 amide bonds. The summed E-state index contributed by atoms with van der Waals surface area (Å²) in [4.78, 5) is 33.7. The van der Waals surface area contributed by atoms with Crippen molar-refractivity contribution in [3.8, 4) is 0 Å². The molecule has 0 radical (unpaired) electrons. The second-order valence-electron chi connectivity index (χ2n) is 5.06. The van der Waals surface area contributed by atoms with Crippen LogP contribution < -0.4 is 10.9 Å². The van der Waals surface area contributed by atoms with Crippen molar-refractivity contribution in [3.05, 3.63) is 52.9 Å². The van der Waals surface area contributed by atoms with Gasteiger partial charge in [-0.15, -0.1) is 0 Å². The molecule has 7 nitrogen and oxygen atoms in total. The van der Waals surface area contributed by atoms with Crippen molar-refractivity contribution in [2.24, 2.45) is 0 Å². The summed E-state index contributed by atoms with van der Waals surface area (Å²) in [7, 11) is 0. The fraction of sp³-hybridized carbons (Fsp3) is 0.125. The van der Waals surface area contributed by atoms with Gasteiger partial charge in [-0.05, 0) is 36.6 Å². The van der Waals surface area contributed by atoms with E-state index in [1.54, 1.807) is 36.5 Å². The van der Waals surface area contributed by atoms with E-state index >= 15 is 0 Å². The predicted octanol–water partition coefficient (Wildman–Crippen LogP) is 2.72. The Morgan fingerprint density at radius 3 is 2.68 bits per heavy atom. The number of rotatable bonds is 5. The number of pyridine rings is 1. The Bertz CT molecular complexity index is 973. The third-order valence-electron chi connectivity index (χ3n) is 3.43. The van der Waals surface area contributed by atoms with Gasteiger partial charge in [0.1, 0.15) is 12.2 Å². The maximum Gasteiger partial charge on any atom is 0.252 e. The number of hydrogen-bond donors (Lipinski definition) is 2. The fourth-order valence-corrected chi connectivity index (χ4v) is 2.84. The Labute approximate surface area is 151 Å². The van der Waals surface area contributed by atoms with Crippen LogP contribution in [0.2, 0.25) is 0 Å². The van der Waals surface area contributed by atoms with E-state index in [-0.39, 0.29) is 18.0 Å². The van der Waals surface area contributed by atoms with Gasteiger partial charge in [0.05, 0.1) is 0 Å². The Balaban J connectivity index is 1.87. The van der Waals surface area contributed by atoms with E-state index < -0.39 is 0 Å². The minimum atomic E-state index is -0.344. The minimum Gasteiger partial charge on any atom is -0.325 e. The number of benzene rings is 1. The molecule has 2 aromatic heterocycles. The van der Waals surface area contributed by atoms with Crippen LogP contribution in [0.15, 0.2) is 57.4 Å². The molecule has 9 heteroatoms.